The van der Waals surface area contributed by atoms with Crippen molar-refractivity contribution in [2.24, 2.45) is 0 Å². The summed E-state index contributed by atoms with van der Waals surface area (Å²) in [6.45, 7) is -0.252. The van der Waals surface area contributed by atoms with E-state index in [4.69, 9.17) is 5.11 Å². The predicted molar refractivity (Wildman–Crippen MR) is 35.5 cm³/mol. The highest BCUT2D eigenvalue weighted by molar-refractivity contribution is 9.09. The van der Waals surface area contributed by atoms with Gasteiger partial charge in [0.05, 0.1) is 11.9 Å². The van der Waals surface area contributed by atoms with Gasteiger partial charge in [0.25, 0.3) is 0 Å². The van der Waals surface area contributed by atoms with Gasteiger partial charge in [-0.2, -0.15) is 0 Å². The van der Waals surface area contributed by atoms with Gasteiger partial charge in [0.15, 0.2) is 0 Å². The third-order valence-electron chi connectivity index (χ3n) is 0.771. The fourth-order valence-electron chi connectivity index (χ4n) is 0.315. The van der Waals surface area contributed by atoms with E-state index >= 15 is 0 Å². The van der Waals surface area contributed by atoms with Crippen molar-refractivity contribution in [3.05, 3.63) is 0 Å². The van der Waals surface area contributed by atoms with Gasteiger partial charge in [-0.15, -0.1) is 0 Å². The van der Waals surface area contributed by atoms with Crippen molar-refractivity contribution < 1.29 is 14.7 Å². The molecular weight excluding hydrogens is 188 g/mol. The van der Waals surface area contributed by atoms with Crippen LogP contribution < -0.4 is 0 Å². The van der Waals surface area contributed by atoms with Gasteiger partial charge in [0, 0.05) is 6.42 Å². The van der Waals surface area contributed by atoms with Crippen LogP contribution in [-0.4, -0.2) is 28.6 Å². The highest BCUT2D eigenvalue weighted by Crippen LogP contribution is 1.88. The topological polar surface area (TPSA) is 54.4 Å². The van der Waals surface area contributed by atoms with E-state index in [-0.39, 0.29) is 18.4 Å². The van der Waals surface area contributed by atoms with Crippen LogP contribution in [0.25, 0.3) is 0 Å². The van der Waals surface area contributed by atoms with Gasteiger partial charge in [0.1, 0.15) is 0 Å². The monoisotopic (exact) mass is 194 g/mol. The molecule has 0 amide bonds. The van der Waals surface area contributed by atoms with Gasteiger partial charge in [-0.25, -0.2) is 0 Å². The predicted octanol–water partition coefficient (Wildman–Crippen LogP) is -0.0981. The maximum Gasteiger partial charge on any atom is 0.208 e. The van der Waals surface area contributed by atoms with Crippen LogP contribution in [0.1, 0.15) is 6.42 Å². The Labute approximate surface area is 61.2 Å². The lowest BCUT2D eigenvalue weighted by Gasteiger charge is -1.90. The van der Waals surface area contributed by atoms with Crippen LogP contribution >= 0.6 is 15.9 Å². The Balaban J connectivity index is 3.60. The molecule has 0 rings (SSSR count). The van der Waals surface area contributed by atoms with Crippen LogP contribution in [0.4, 0.5) is 0 Å². The minimum Gasteiger partial charge on any atom is -0.396 e. The Morgan fingerprint density at radius 1 is 1.33 bits per heavy atom. The van der Waals surface area contributed by atoms with Crippen molar-refractivity contribution in [3.8, 4) is 0 Å². The summed E-state index contributed by atoms with van der Waals surface area (Å²) >= 11 is 2.83. The summed E-state index contributed by atoms with van der Waals surface area (Å²) < 4.78 is 0. The van der Waals surface area contributed by atoms with Gasteiger partial charge in [-0.05, 0) is 0 Å². The SMILES string of the molecule is O=C(CBr)C(=O)CCO. The first-order valence-electron chi connectivity index (χ1n) is 2.45. The lowest BCUT2D eigenvalue weighted by molar-refractivity contribution is -0.135. The van der Waals surface area contributed by atoms with Crippen molar-refractivity contribution in [1.29, 1.82) is 0 Å². The number of aliphatic hydroxyl groups excluding tert-OH is 1. The molecule has 4 heteroatoms. The third-order valence-corrected chi connectivity index (χ3v) is 1.28. The van der Waals surface area contributed by atoms with E-state index in [1.54, 1.807) is 0 Å². The summed E-state index contributed by atoms with van der Waals surface area (Å²) in [5, 5.41) is 8.24. The Kier molecular flexibility index (Phi) is 4.53. The molecule has 0 saturated carbocycles. The summed E-state index contributed by atoms with van der Waals surface area (Å²) in [6, 6.07) is 0. The van der Waals surface area contributed by atoms with Gasteiger partial charge < -0.3 is 5.11 Å². The molecule has 0 fully saturated rings. The number of carbonyl (C=O) groups is 2. The van der Waals surface area contributed by atoms with Crippen molar-refractivity contribution in [2.45, 2.75) is 6.42 Å². The van der Waals surface area contributed by atoms with Crippen LogP contribution in [-0.2, 0) is 9.59 Å². The van der Waals surface area contributed by atoms with E-state index in [2.05, 4.69) is 15.9 Å². The van der Waals surface area contributed by atoms with E-state index in [1.807, 2.05) is 0 Å². The van der Waals surface area contributed by atoms with Crippen LogP contribution in [0.5, 0.6) is 0 Å². The molecule has 0 heterocycles. The van der Waals surface area contributed by atoms with Crippen LogP contribution in [0, 0.1) is 0 Å². The van der Waals surface area contributed by atoms with Crippen molar-refractivity contribution in [2.75, 3.05) is 11.9 Å². The van der Waals surface area contributed by atoms with Gasteiger partial charge in [-0.1, -0.05) is 15.9 Å². The second kappa shape index (κ2) is 4.64. The fourth-order valence-corrected chi connectivity index (χ4v) is 0.628. The molecule has 52 valence electrons. The molecule has 0 radical (unpaired) electrons. The molecule has 0 bridgehead atoms. The molecule has 0 spiro atoms. The van der Waals surface area contributed by atoms with Crippen molar-refractivity contribution >= 4 is 27.5 Å². The minimum absolute atomic E-state index is 0.0475. The van der Waals surface area contributed by atoms with E-state index in [0.29, 0.717) is 0 Å². The summed E-state index contributed by atoms with van der Waals surface area (Å²) in [5.41, 5.74) is 0. The summed E-state index contributed by atoms with van der Waals surface area (Å²) in [6.07, 6.45) is -0.0650. The van der Waals surface area contributed by atoms with Crippen LogP contribution in [0.2, 0.25) is 0 Å². The molecule has 0 aliphatic heterocycles. The molecule has 1 N–H and O–H groups in total. The fraction of sp³-hybridized carbons (Fsp3) is 0.600. The highest BCUT2D eigenvalue weighted by atomic mass is 79.9. The quantitative estimate of drug-likeness (QED) is 0.503. The highest BCUT2D eigenvalue weighted by Gasteiger charge is 2.09. The number of hydrogen-bond acceptors (Lipinski definition) is 3. The standard InChI is InChI=1S/C5H7BrO3/c6-3-5(9)4(8)1-2-7/h7H,1-3H2. The molecule has 3 nitrogen and oxygen atoms in total. The number of Topliss-reactive ketones (excluding diaryl/α,β-unsaturated/α-hetero) is 2. The summed E-state index contributed by atoms with van der Waals surface area (Å²) in [7, 11) is 0. The maximum absolute atomic E-state index is 10.4. The second-order valence-electron chi connectivity index (χ2n) is 1.45. The summed E-state index contributed by atoms with van der Waals surface area (Å²) in [4.78, 5) is 20.8. The molecule has 0 aliphatic rings. The Bertz CT molecular complexity index is 121. The number of rotatable bonds is 4. The number of aliphatic hydroxyl groups is 1. The van der Waals surface area contributed by atoms with Crippen LogP contribution in [0.15, 0.2) is 0 Å². The van der Waals surface area contributed by atoms with Crippen molar-refractivity contribution in [3.63, 3.8) is 0 Å². The van der Waals surface area contributed by atoms with E-state index in [1.165, 1.54) is 0 Å². The summed E-state index contributed by atoms with van der Waals surface area (Å²) in [5.74, 6) is -1.00. The van der Waals surface area contributed by atoms with E-state index in [0.717, 1.165) is 0 Å². The lowest BCUT2D eigenvalue weighted by Crippen LogP contribution is -2.15. The first kappa shape index (κ1) is 8.78. The largest absolute Gasteiger partial charge is 0.396 e. The minimum atomic E-state index is -0.519. The zero-order chi connectivity index (χ0) is 7.28. The normalized spacial score (nSPS) is 9.11. The number of alkyl halides is 1. The number of ketones is 2. The number of hydrogen-bond donors (Lipinski definition) is 1. The molecule has 0 aliphatic carbocycles. The van der Waals surface area contributed by atoms with E-state index in [9.17, 15) is 9.59 Å². The van der Waals surface area contributed by atoms with Gasteiger partial charge >= 0.3 is 0 Å². The molecule has 0 aromatic carbocycles. The maximum atomic E-state index is 10.4. The number of halogens is 1. The molecule has 0 unspecified atom stereocenters. The van der Waals surface area contributed by atoms with E-state index < -0.39 is 11.6 Å². The Morgan fingerprint density at radius 3 is 2.22 bits per heavy atom. The zero-order valence-corrected chi connectivity index (χ0v) is 6.35. The average molecular weight is 195 g/mol. The number of carbonyl (C=O) groups excluding carboxylic acids is 2. The molecule has 0 aromatic heterocycles. The molecule has 9 heavy (non-hydrogen) atoms. The van der Waals surface area contributed by atoms with Gasteiger partial charge in [-0.3, -0.25) is 9.59 Å². The first-order chi connectivity index (χ1) is 4.22. The zero-order valence-electron chi connectivity index (χ0n) is 4.76. The lowest BCUT2D eigenvalue weighted by atomic mass is 10.2. The molecule has 0 atom stereocenters. The molecule has 0 aromatic rings. The third kappa shape index (κ3) is 3.37. The molecule has 0 saturated heterocycles. The van der Waals surface area contributed by atoms with Gasteiger partial charge in [0.2, 0.25) is 11.6 Å². The second-order valence-corrected chi connectivity index (χ2v) is 2.01. The smallest absolute Gasteiger partial charge is 0.208 e. The van der Waals surface area contributed by atoms with Crippen molar-refractivity contribution in [1.82, 2.24) is 0 Å². The Hall–Kier alpha value is -0.220. The average Bonchev–Trinajstić information content (AvgIpc) is 1.87. The first-order valence-corrected chi connectivity index (χ1v) is 3.57. The molecular formula is C5H7BrO3. The Morgan fingerprint density at radius 2 is 1.89 bits per heavy atom. The van der Waals surface area contributed by atoms with Crippen LogP contribution in [0.3, 0.4) is 0 Å².